The van der Waals surface area contributed by atoms with Crippen LogP contribution in [0.1, 0.15) is 20.8 Å². The second-order valence-corrected chi connectivity index (χ2v) is 7.93. The highest BCUT2D eigenvalue weighted by molar-refractivity contribution is 9.10. The fourth-order valence-electron chi connectivity index (χ4n) is 2.91. The van der Waals surface area contributed by atoms with Gasteiger partial charge in [0.1, 0.15) is 15.7 Å². The second kappa shape index (κ2) is 6.42. The first-order valence-corrected chi connectivity index (χ1v) is 9.23. The van der Waals surface area contributed by atoms with E-state index in [9.17, 15) is 4.79 Å². The van der Waals surface area contributed by atoms with Crippen molar-refractivity contribution in [2.75, 3.05) is 0 Å². The summed E-state index contributed by atoms with van der Waals surface area (Å²) in [6, 6.07) is 9.89. The van der Waals surface area contributed by atoms with Gasteiger partial charge in [-0.1, -0.05) is 12.1 Å². The van der Waals surface area contributed by atoms with Crippen LogP contribution in [0.2, 0.25) is 0 Å². The van der Waals surface area contributed by atoms with Crippen LogP contribution < -0.4 is 0 Å². The predicted molar refractivity (Wildman–Crippen MR) is 108 cm³/mol. The van der Waals surface area contributed by atoms with Crippen LogP contribution in [0.25, 0.3) is 32.9 Å². The molecule has 6 nitrogen and oxygen atoms in total. The number of aromatic nitrogens is 4. The van der Waals surface area contributed by atoms with Crippen molar-refractivity contribution in [2.24, 2.45) is 0 Å². The standard InChI is InChI=1S/C20H17BrN4O2/c1-20(2,3)27-19(26)25-17-15(11-23-25)14-9-12(13-5-4-8-22-10-13)6-7-16(14)24-18(17)21/h4-11H,1-3H3. The Bertz CT molecular complexity index is 1160. The molecule has 0 radical (unpaired) electrons. The van der Waals surface area contributed by atoms with Gasteiger partial charge in [-0.3, -0.25) is 4.98 Å². The highest BCUT2D eigenvalue weighted by Crippen LogP contribution is 2.32. The summed E-state index contributed by atoms with van der Waals surface area (Å²) in [4.78, 5) is 21.3. The molecular weight excluding hydrogens is 408 g/mol. The van der Waals surface area contributed by atoms with Gasteiger partial charge in [0.2, 0.25) is 0 Å². The van der Waals surface area contributed by atoms with Gasteiger partial charge in [-0.15, -0.1) is 0 Å². The third kappa shape index (κ3) is 3.30. The van der Waals surface area contributed by atoms with Crippen molar-refractivity contribution in [3.05, 3.63) is 53.5 Å². The Kier molecular flexibility index (Phi) is 4.19. The Morgan fingerprint density at radius 3 is 2.63 bits per heavy atom. The molecule has 3 aromatic heterocycles. The van der Waals surface area contributed by atoms with Crippen LogP contribution in [-0.4, -0.2) is 31.4 Å². The SMILES string of the molecule is CC(C)(C)OC(=O)n1ncc2c3cc(-c4cccnc4)ccc3nc(Br)c21. The molecule has 0 atom stereocenters. The van der Waals surface area contributed by atoms with Gasteiger partial charge < -0.3 is 4.74 Å². The molecule has 0 unspecified atom stereocenters. The zero-order valence-electron chi connectivity index (χ0n) is 15.1. The third-order valence-corrected chi connectivity index (χ3v) is 4.58. The van der Waals surface area contributed by atoms with E-state index in [4.69, 9.17) is 4.74 Å². The lowest BCUT2D eigenvalue weighted by molar-refractivity contribution is 0.0522. The first kappa shape index (κ1) is 17.6. The summed E-state index contributed by atoms with van der Waals surface area (Å²) in [5.74, 6) is 0. The lowest BCUT2D eigenvalue weighted by Crippen LogP contribution is -2.27. The number of halogens is 1. The Labute approximate surface area is 164 Å². The zero-order chi connectivity index (χ0) is 19.2. The number of hydrogen-bond acceptors (Lipinski definition) is 5. The Morgan fingerprint density at radius 2 is 1.93 bits per heavy atom. The zero-order valence-corrected chi connectivity index (χ0v) is 16.7. The molecule has 0 fully saturated rings. The summed E-state index contributed by atoms with van der Waals surface area (Å²) in [6.07, 6.45) is 4.69. The molecule has 0 spiro atoms. The van der Waals surface area contributed by atoms with Gasteiger partial charge in [0.25, 0.3) is 0 Å². The van der Waals surface area contributed by atoms with Gasteiger partial charge in [-0.2, -0.15) is 9.78 Å². The van der Waals surface area contributed by atoms with Gasteiger partial charge in [0, 0.05) is 28.7 Å². The van der Waals surface area contributed by atoms with Gasteiger partial charge in [-0.05, 0) is 60.5 Å². The molecule has 0 aliphatic carbocycles. The summed E-state index contributed by atoms with van der Waals surface area (Å²) in [5, 5.41) is 5.98. The maximum Gasteiger partial charge on any atom is 0.435 e. The monoisotopic (exact) mass is 424 g/mol. The summed E-state index contributed by atoms with van der Waals surface area (Å²) in [7, 11) is 0. The molecule has 0 saturated carbocycles. The highest BCUT2D eigenvalue weighted by atomic mass is 79.9. The topological polar surface area (TPSA) is 69.9 Å². The van der Waals surface area contributed by atoms with Crippen molar-refractivity contribution in [3.63, 3.8) is 0 Å². The number of fused-ring (bicyclic) bond motifs is 3. The van der Waals surface area contributed by atoms with E-state index in [0.717, 1.165) is 27.4 Å². The summed E-state index contributed by atoms with van der Waals surface area (Å²) >= 11 is 3.47. The Balaban J connectivity index is 1.91. The average molecular weight is 425 g/mol. The van der Waals surface area contributed by atoms with E-state index < -0.39 is 11.7 Å². The summed E-state index contributed by atoms with van der Waals surface area (Å²) < 4.78 is 7.24. The normalized spacial score (nSPS) is 11.9. The quantitative estimate of drug-likeness (QED) is 0.393. The smallest absolute Gasteiger partial charge is 0.435 e. The first-order valence-electron chi connectivity index (χ1n) is 8.44. The van der Waals surface area contributed by atoms with Crippen LogP contribution in [0.3, 0.4) is 0 Å². The van der Waals surface area contributed by atoms with E-state index in [-0.39, 0.29) is 0 Å². The second-order valence-electron chi connectivity index (χ2n) is 7.18. The molecule has 0 N–H and O–H groups in total. The molecule has 136 valence electrons. The van der Waals surface area contributed by atoms with Crippen LogP contribution in [-0.2, 0) is 4.74 Å². The van der Waals surface area contributed by atoms with Crippen LogP contribution >= 0.6 is 15.9 Å². The number of hydrogen-bond donors (Lipinski definition) is 0. The maximum absolute atomic E-state index is 12.5. The van der Waals surface area contributed by atoms with E-state index in [1.165, 1.54) is 4.68 Å². The molecule has 0 aliphatic rings. The molecule has 7 heteroatoms. The van der Waals surface area contributed by atoms with Crippen molar-refractivity contribution in [3.8, 4) is 11.1 Å². The van der Waals surface area contributed by atoms with Crippen molar-refractivity contribution < 1.29 is 9.53 Å². The third-order valence-electron chi connectivity index (χ3n) is 4.03. The summed E-state index contributed by atoms with van der Waals surface area (Å²) in [6.45, 7) is 5.46. The van der Waals surface area contributed by atoms with E-state index in [0.29, 0.717) is 10.1 Å². The number of carbonyl (C=O) groups is 1. The predicted octanol–water partition coefficient (Wildman–Crippen LogP) is 5.19. The van der Waals surface area contributed by atoms with Gasteiger partial charge >= 0.3 is 6.09 Å². The average Bonchev–Trinajstić information content (AvgIpc) is 3.07. The molecular formula is C20H17BrN4O2. The number of rotatable bonds is 1. The fourth-order valence-corrected chi connectivity index (χ4v) is 3.48. The van der Waals surface area contributed by atoms with Crippen LogP contribution in [0.15, 0.2) is 53.5 Å². The van der Waals surface area contributed by atoms with Crippen LogP contribution in [0, 0.1) is 0 Å². The molecule has 4 aromatic rings. The number of carbonyl (C=O) groups excluding carboxylic acids is 1. The molecule has 0 bridgehead atoms. The van der Waals surface area contributed by atoms with Crippen molar-refractivity contribution in [1.29, 1.82) is 0 Å². The highest BCUT2D eigenvalue weighted by Gasteiger charge is 2.22. The van der Waals surface area contributed by atoms with Crippen molar-refractivity contribution in [2.45, 2.75) is 26.4 Å². The largest absolute Gasteiger partial charge is 0.442 e. The fraction of sp³-hybridized carbons (Fsp3) is 0.200. The first-order chi connectivity index (χ1) is 12.8. The number of benzene rings is 1. The lowest BCUT2D eigenvalue weighted by Gasteiger charge is -2.19. The minimum atomic E-state index is -0.612. The van der Waals surface area contributed by atoms with Crippen molar-refractivity contribution >= 4 is 43.8 Å². The van der Waals surface area contributed by atoms with Crippen LogP contribution in [0.5, 0.6) is 0 Å². The Hall–Kier alpha value is -2.80. The Morgan fingerprint density at radius 1 is 1.11 bits per heavy atom. The lowest BCUT2D eigenvalue weighted by atomic mass is 10.0. The molecule has 0 aliphatic heterocycles. The summed E-state index contributed by atoms with van der Waals surface area (Å²) in [5.41, 5.74) is 2.81. The number of ether oxygens (including phenoxy) is 1. The van der Waals surface area contributed by atoms with E-state index in [1.807, 2.05) is 57.3 Å². The van der Waals surface area contributed by atoms with Gasteiger partial charge in [0.05, 0.1) is 11.7 Å². The molecule has 0 saturated heterocycles. The van der Waals surface area contributed by atoms with Gasteiger partial charge in [0.15, 0.2) is 0 Å². The number of nitrogens with zero attached hydrogens (tertiary/aromatic N) is 4. The van der Waals surface area contributed by atoms with E-state index in [1.54, 1.807) is 12.4 Å². The maximum atomic E-state index is 12.5. The molecule has 0 amide bonds. The molecule has 27 heavy (non-hydrogen) atoms. The van der Waals surface area contributed by atoms with Crippen molar-refractivity contribution in [1.82, 2.24) is 19.7 Å². The minimum Gasteiger partial charge on any atom is -0.442 e. The van der Waals surface area contributed by atoms with Gasteiger partial charge in [-0.25, -0.2) is 9.78 Å². The van der Waals surface area contributed by atoms with E-state index in [2.05, 4.69) is 31.0 Å². The molecule has 4 rings (SSSR count). The molecule has 1 aromatic carbocycles. The number of pyridine rings is 2. The van der Waals surface area contributed by atoms with E-state index >= 15 is 0 Å². The van der Waals surface area contributed by atoms with Crippen LogP contribution in [0.4, 0.5) is 4.79 Å². The molecule has 3 heterocycles. The minimum absolute atomic E-state index is 0.539.